The van der Waals surface area contributed by atoms with Crippen molar-refractivity contribution in [3.05, 3.63) is 54.1 Å². The van der Waals surface area contributed by atoms with Gasteiger partial charge in [0.2, 0.25) is 0 Å². The van der Waals surface area contributed by atoms with Gasteiger partial charge in [0, 0.05) is 5.75 Å². The van der Waals surface area contributed by atoms with E-state index in [1.54, 1.807) is 14.2 Å². The van der Waals surface area contributed by atoms with Crippen LogP contribution in [0, 0.1) is 0 Å². The molecule has 0 aliphatic heterocycles. The number of benzene rings is 2. The van der Waals surface area contributed by atoms with E-state index in [2.05, 4.69) is 10.2 Å². The standard InChI is InChI=1S/C17H16N2O3S/c1-20-13-7-5-6-12(10-13)11-23-17-19-18-16(22-17)14-8-3-4-9-15(14)21-2/h3-10H,11H2,1-2H3. The number of aromatic nitrogens is 2. The van der Waals surface area contributed by atoms with Crippen LogP contribution in [0.2, 0.25) is 0 Å². The summed E-state index contributed by atoms with van der Waals surface area (Å²) in [6.45, 7) is 0. The molecular weight excluding hydrogens is 312 g/mol. The van der Waals surface area contributed by atoms with E-state index in [-0.39, 0.29) is 0 Å². The molecule has 1 aromatic heterocycles. The summed E-state index contributed by atoms with van der Waals surface area (Å²) >= 11 is 1.49. The first-order valence-corrected chi connectivity index (χ1v) is 8.01. The summed E-state index contributed by atoms with van der Waals surface area (Å²) in [7, 11) is 3.28. The second-order valence-corrected chi connectivity index (χ2v) is 5.64. The van der Waals surface area contributed by atoms with Crippen molar-refractivity contribution in [1.82, 2.24) is 10.2 Å². The summed E-state index contributed by atoms with van der Waals surface area (Å²) in [6, 6.07) is 15.5. The first-order valence-electron chi connectivity index (χ1n) is 7.03. The molecule has 0 radical (unpaired) electrons. The molecule has 1 heterocycles. The van der Waals surface area contributed by atoms with Gasteiger partial charge in [0.15, 0.2) is 0 Å². The number of rotatable bonds is 6. The monoisotopic (exact) mass is 328 g/mol. The van der Waals surface area contributed by atoms with E-state index in [4.69, 9.17) is 13.9 Å². The third-order valence-corrected chi connectivity index (χ3v) is 4.13. The summed E-state index contributed by atoms with van der Waals surface area (Å²) in [5.41, 5.74) is 1.92. The molecule has 5 nitrogen and oxygen atoms in total. The van der Waals surface area contributed by atoms with Gasteiger partial charge in [-0.1, -0.05) is 36.0 Å². The van der Waals surface area contributed by atoms with Crippen LogP contribution in [0.1, 0.15) is 5.56 Å². The van der Waals surface area contributed by atoms with Crippen LogP contribution < -0.4 is 9.47 Å². The number of hydrogen-bond acceptors (Lipinski definition) is 6. The Hall–Kier alpha value is -2.47. The molecule has 0 bridgehead atoms. The first-order chi connectivity index (χ1) is 11.3. The van der Waals surface area contributed by atoms with Gasteiger partial charge < -0.3 is 13.9 Å². The molecule has 2 aromatic carbocycles. The summed E-state index contributed by atoms with van der Waals surface area (Å²) in [6.07, 6.45) is 0. The number of ether oxygens (including phenoxy) is 2. The lowest BCUT2D eigenvalue weighted by molar-refractivity contribution is 0.411. The molecule has 0 saturated carbocycles. The quantitative estimate of drug-likeness (QED) is 0.636. The zero-order valence-corrected chi connectivity index (χ0v) is 13.7. The molecule has 0 N–H and O–H groups in total. The van der Waals surface area contributed by atoms with Crippen molar-refractivity contribution >= 4 is 11.8 Å². The van der Waals surface area contributed by atoms with Gasteiger partial charge in [-0.05, 0) is 29.8 Å². The van der Waals surface area contributed by atoms with Crippen LogP contribution in [0.4, 0.5) is 0 Å². The third-order valence-electron chi connectivity index (χ3n) is 3.24. The maximum absolute atomic E-state index is 5.72. The fourth-order valence-electron chi connectivity index (χ4n) is 2.11. The maximum atomic E-state index is 5.72. The van der Waals surface area contributed by atoms with E-state index < -0.39 is 0 Å². The van der Waals surface area contributed by atoms with Crippen LogP contribution in [0.3, 0.4) is 0 Å². The van der Waals surface area contributed by atoms with Crippen LogP contribution >= 0.6 is 11.8 Å². The third kappa shape index (κ3) is 3.65. The maximum Gasteiger partial charge on any atom is 0.277 e. The van der Waals surface area contributed by atoms with Crippen molar-refractivity contribution in [2.24, 2.45) is 0 Å². The summed E-state index contributed by atoms with van der Waals surface area (Å²) in [4.78, 5) is 0. The van der Waals surface area contributed by atoms with Crippen LogP contribution in [-0.4, -0.2) is 24.4 Å². The number of nitrogens with zero attached hydrogens (tertiary/aromatic N) is 2. The Labute approximate surface area is 138 Å². The average Bonchev–Trinajstić information content (AvgIpc) is 3.09. The first kappa shape index (κ1) is 15.4. The van der Waals surface area contributed by atoms with Gasteiger partial charge in [0.25, 0.3) is 11.1 Å². The number of hydrogen-bond donors (Lipinski definition) is 0. The van der Waals surface area contributed by atoms with Gasteiger partial charge in [-0.2, -0.15) is 0 Å². The highest BCUT2D eigenvalue weighted by Crippen LogP contribution is 2.31. The van der Waals surface area contributed by atoms with Gasteiger partial charge in [-0.15, -0.1) is 10.2 Å². The van der Waals surface area contributed by atoms with Crippen molar-refractivity contribution in [1.29, 1.82) is 0 Å². The second kappa shape index (κ2) is 7.19. The molecule has 118 valence electrons. The lowest BCUT2D eigenvalue weighted by Gasteiger charge is -2.03. The van der Waals surface area contributed by atoms with E-state index in [0.29, 0.717) is 16.9 Å². The SMILES string of the molecule is COc1cccc(CSc2nnc(-c3ccccc3OC)o2)c1. The predicted octanol–water partition coefficient (Wildman–Crippen LogP) is 4.05. The molecule has 0 saturated heterocycles. The number of methoxy groups -OCH3 is 2. The molecule has 0 spiro atoms. The molecule has 0 atom stereocenters. The fraction of sp³-hybridized carbons (Fsp3) is 0.176. The molecule has 0 aliphatic rings. The van der Waals surface area contributed by atoms with Gasteiger partial charge >= 0.3 is 0 Å². The molecule has 6 heteroatoms. The van der Waals surface area contributed by atoms with Crippen LogP contribution in [0.15, 0.2) is 58.2 Å². The van der Waals surface area contributed by atoms with Crippen molar-refractivity contribution in [3.63, 3.8) is 0 Å². The van der Waals surface area contributed by atoms with Crippen molar-refractivity contribution in [2.75, 3.05) is 14.2 Å². The minimum absolute atomic E-state index is 0.454. The molecule has 0 aliphatic carbocycles. The van der Waals surface area contributed by atoms with Gasteiger partial charge in [0.05, 0.1) is 19.8 Å². The van der Waals surface area contributed by atoms with Crippen molar-refractivity contribution in [3.8, 4) is 23.0 Å². The fourth-order valence-corrected chi connectivity index (χ4v) is 2.81. The van der Waals surface area contributed by atoms with Gasteiger partial charge in [-0.25, -0.2) is 0 Å². The van der Waals surface area contributed by atoms with E-state index in [0.717, 1.165) is 22.6 Å². The summed E-state index contributed by atoms with van der Waals surface area (Å²) in [5.74, 6) is 2.73. The minimum Gasteiger partial charge on any atom is -0.497 e. The normalized spacial score (nSPS) is 10.5. The van der Waals surface area contributed by atoms with Crippen molar-refractivity contribution in [2.45, 2.75) is 11.0 Å². The Morgan fingerprint density at radius 3 is 2.70 bits per heavy atom. The van der Waals surface area contributed by atoms with Crippen LogP contribution in [0.5, 0.6) is 11.5 Å². The lowest BCUT2D eigenvalue weighted by Crippen LogP contribution is -1.87. The second-order valence-electron chi connectivity index (χ2n) is 4.71. The molecular formula is C17H16N2O3S. The zero-order valence-electron chi connectivity index (χ0n) is 12.9. The molecule has 0 fully saturated rings. The Bertz CT molecular complexity index is 789. The van der Waals surface area contributed by atoms with Crippen LogP contribution in [0.25, 0.3) is 11.5 Å². The molecule has 23 heavy (non-hydrogen) atoms. The highest BCUT2D eigenvalue weighted by atomic mass is 32.2. The Kier molecular flexibility index (Phi) is 4.83. The summed E-state index contributed by atoms with van der Waals surface area (Å²) < 4.78 is 16.3. The predicted molar refractivity (Wildman–Crippen MR) is 88.8 cm³/mol. The minimum atomic E-state index is 0.454. The van der Waals surface area contributed by atoms with E-state index >= 15 is 0 Å². The van der Waals surface area contributed by atoms with Crippen LogP contribution in [-0.2, 0) is 5.75 Å². The molecule has 0 unspecified atom stereocenters. The highest BCUT2D eigenvalue weighted by molar-refractivity contribution is 7.98. The number of para-hydroxylation sites is 1. The average molecular weight is 328 g/mol. The number of thioether (sulfide) groups is 1. The Morgan fingerprint density at radius 2 is 1.87 bits per heavy atom. The van der Waals surface area contributed by atoms with E-state index in [9.17, 15) is 0 Å². The zero-order chi connectivity index (χ0) is 16.1. The van der Waals surface area contributed by atoms with E-state index in [1.807, 2.05) is 48.5 Å². The molecule has 0 amide bonds. The highest BCUT2D eigenvalue weighted by Gasteiger charge is 2.13. The Morgan fingerprint density at radius 1 is 1.00 bits per heavy atom. The van der Waals surface area contributed by atoms with E-state index in [1.165, 1.54) is 11.8 Å². The van der Waals surface area contributed by atoms with Gasteiger partial charge in [-0.3, -0.25) is 0 Å². The topological polar surface area (TPSA) is 57.4 Å². The smallest absolute Gasteiger partial charge is 0.277 e. The largest absolute Gasteiger partial charge is 0.497 e. The van der Waals surface area contributed by atoms with Crippen molar-refractivity contribution < 1.29 is 13.9 Å². The molecule has 3 rings (SSSR count). The van der Waals surface area contributed by atoms with Gasteiger partial charge in [0.1, 0.15) is 11.5 Å². The Balaban J connectivity index is 1.72. The lowest BCUT2D eigenvalue weighted by atomic mass is 10.2. The molecule has 3 aromatic rings. The summed E-state index contributed by atoms with van der Waals surface area (Å²) in [5, 5.41) is 8.71.